The van der Waals surface area contributed by atoms with E-state index in [9.17, 15) is 19.8 Å². The zero-order valence-corrected chi connectivity index (χ0v) is 18.0. The van der Waals surface area contributed by atoms with Crippen LogP contribution in [0.5, 0.6) is 11.5 Å². The minimum Gasteiger partial charge on any atom is -0.508 e. The van der Waals surface area contributed by atoms with Gasteiger partial charge in [0.15, 0.2) is 0 Å². The van der Waals surface area contributed by atoms with E-state index in [1.54, 1.807) is 24.3 Å². The minimum atomic E-state index is -0.815. The molecule has 2 heterocycles. The molecule has 0 aliphatic carbocycles. The highest BCUT2D eigenvalue weighted by Gasteiger charge is 2.46. The van der Waals surface area contributed by atoms with E-state index in [0.717, 1.165) is 4.88 Å². The Bertz CT molecular complexity index is 1170. The van der Waals surface area contributed by atoms with Crippen molar-refractivity contribution in [2.24, 2.45) is 0 Å². The first-order valence-corrected chi connectivity index (χ1v) is 10.6. The first-order valence-electron chi connectivity index (χ1n) is 9.34. The number of aromatic hydroxyl groups is 1. The molecule has 1 amide bonds. The van der Waals surface area contributed by atoms with Gasteiger partial charge in [-0.15, -0.1) is 11.3 Å². The van der Waals surface area contributed by atoms with Crippen molar-refractivity contribution >= 4 is 40.4 Å². The van der Waals surface area contributed by atoms with Crippen LogP contribution in [0.3, 0.4) is 0 Å². The van der Waals surface area contributed by atoms with E-state index in [1.165, 1.54) is 41.5 Å². The van der Waals surface area contributed by atoms with Crippen LogP contribution in [0.15, 0.2) is 65.6 Å². The SMILES string of the molecule is COc1cc(/C(O)=C2/C(=O)C(=O)N(Cc3cccs3)C2c2ccc(O)cc2)ccc1Cl. The topological polar surface area (TPSA) is 87.1 Å². The molecule has 158 valence electrons. The molecule has 1 aliphatic heterocycles. The lowest BCUT2D eigenvalue weighted by atomic mass is 9.95. The first-order chi connectivity index (χ1) is 14.9. The number of phenols is 1. The standard InChI is InChI=1S/C23H18ClNO5S/c1-30-18-11-14(6-9-17(18)24)21(27)19-20(13-4-7-15(26)8-5-13)25(23(29)22(19)28)12-16-3-2-10-31-16/h2-11,20,26-27H,12H2,1H3/b21-19-. The summed E-state index contributed by atoms with van der Waals surface area (Å²) in [7, 11) is 1.45. The predicted octanol–water partition coefficient (Wildman–Crippen LogP) is 4.74. The highest BCUT2D eigenvalue weighted by Crippen LogP contribution is 2.41. The second kappa shape index (κ2) is 8.45. The summed E-state index contributed by atoms with van der Waals surface area (Å²) in [5.74, 6) is -1.41. The van der Waals surface area contributed by atoms with E-state index in [1.807, 2.05) is 17.5 Å². The number of carbonyl (C=O) groups is 2. The van der Waals surface area contributed by atoms with E-state index < -0.39 is 17.7 Å². The van der Waals surface area contributed by atoms with Gasteiger partial charge in [-0.2, -0.15) is 0 Å². The Balaban J connectivity index is 1.87. The fourth-order valence-electron chi connectivity index (χ4n) is 3.58. The number of amides is 1. The van der Waals surface area contributed by atoms with Crippen molar-refractivity contribution in [2.45, 2.75) is 12.6 Å². The van der Waals surface area contributed by atoms with Crippen molar-refractivity contribution in [1.82, 2.24) is 4.90 Å². The molecule has 3 aromatic rings. The zero-order chi connectivity index (χ0) is 22.1. The number of likely N-dealkylation sites (tertiary alicyclic amines) is 1. The molecular weight excluding hydrogens is 438 g/mol. The summed E-state index contributed by atoms with van der Waals surface area (Å²) in [5.41, 5.74) is 0.867. The van der Waals surface area contributed by atoms with Gasteiger partial charge in [-0.05, 0) is 47.3 Å². The third-order valence-corrected chi connectivity index (χ3v) is 6.25. The van der Waals surface area contributed by atoms with Gasteiger partial charge in [0.1, 0.15) is 17.3 Å². The number of methoxy groups -OCH3 is 1. The Labute approximate surface area is 187 Å². The van der Waals surface area contributed by atoms with Crippen LogP contribution in [-0.2, 0) is 16.1 Å². The monoisotopic (exact) mass is 455 g/mol. The van der Waals surface area contributed by atoms with Crippen LogP contribution in [0.25, 0.3) is 5.76 Å². The maximum Gasteiger partial charge on any atom is 0.295 e. The number of rotatable bonds is 5. The van der Waals surface area contributed by atoms with Crippen LogP contribution in [-0.4, -0.2) is 33.9 Å². The van der Waals surface area contributed by atoms with Gasteiger partial charge in [0.25, 0.3) is 11.7 Å². The maximum atomic E-state index is 13.0. The largest absolute Gasteiger partial charge is 0.508 e. The van der Waals surface area contributed by atoms with Gasteiger partial charge in [0.2, 0.25) is 0 Å². The van der Waals surface area contributed by atoms with E-state index in [4.69, 9.17) is 16.3 Å². The van der Waals surface area contributed by atoms with Gasteiger partial charge in [-0.25, -0.2) is 0 Å². The fourth-order valence-corrected chi connectivity index (χ4v) is 4.48. The van der Waals surface area contributed by atoms with E-state index in [-0.39, 0.29) is 23.6 Å². The van der Waals surface area contributed by atoms with Gasteiger partial charge >= 0.3 is 0 Å². The first kappa shape index (κ1) is 21.0. The molecule has 2 N–H and O–H groups in total. The molecule has 2 aromatic carbocycles. The normalized spacial score (nSPS) is 17.9. The second-order valence-electron chi connectivity index (χ2n) is 6.95. The van der Waals surface area contributed by atoms with Crippen LogP contribution in [0.4, 0.5) is 0 Å². The molecule has 1 unspecified atom stereocenters. The summed E-state index contributed by atoms with van der Waals surface area (Å²) in [4.78, 5) is 28.3. The Hall–Kier alpha value is -3.29. The average Bonchev–Trinajstić information content (AvgIpc) is 3.37. The molecule has 0 spiro atoms. The quantitative estimate of drug-likeness (QED) is 0.329. The molecule has 6 nitrogen and oxygen atoms in total. The average molecular weight is 456 g/mol. The van der Waals surface area contributed by atoms with Crippen LogP contribution >= 0.6 is 22.9 Å². The number of thiophene rings is 1. The molecular formula is C23H18ClNO5S. The van der Waals surface area contributed by atoms with Crippen molar-refractivity contribution in [3.63, 3.8) is 0 Å². The summed E-state index contributed by atoms with van der Waals surface area (Å²) in [6.45, 7) is 0.217. The Morgan fingerprint density at radius 2 is 1.90 bits per heavy atom. The van der Waals surface area contributed by atoms with Crippen molar-refractivity contribution in [1.29, 1.82) is 0 Å². The predicted molar refractivity (Wildman–Crippen MR) is 118 cm³/mol. The molecule has 0 bridgehead atoms. The molecule has 0 radical (unpaired) electrons. The van der Waals surface area contributed by atoms with Crippen LogP contribution < -0.4 is 4.74 Å². The third-order valence-electron chi connectivity index (χ3n) is 5.08. The molecule has 1 aromatic heterocycles. The lowest BCUT2D eigenvalue weighted by Crippen LogP contribution is -2.28. The Kier molecular flexibility index (Phi) is 5.71. The Morgan fingerprint density at radius 1 is 1.16 bits per heavy atom. The molecule has 0 saturated carbocycles. The number of aliphatic hydroxyl groups excluding tert-OH is 1. The number of aliphatic hydroxyl groups is 1. The third kappa shape index (κ3) is 3.89. The van der Waals surface area contributed by atoms with Gasteiger partial charge in [0.05, 0.1) is 30.3 Å². The number of carbonyl (C=O) groups excluding carboxylic acids is 2. The number of benzene rings is 2. The van der Waals surface area contributed by atoms with E-state index >= 15 is 0 Å². The lowest BCUT2D eigenvalue weighted by molar-refractivity contribution is -0.140. The molecule has 8 heteroatoms. The molecule has 1 atom stereocenters. The summed E-state index contributed by atoms with van der Waals surface area (Å²) < 4.78 is 5.21. The van der Waals surface area contributed by atoms with Crippen LogP contribution in [0.2, 0.25) is 5.02 Å². The summed E-state index contributed by atoms with van der Waals surface area (Å²) in [5, 5.41) is 23.0. The van der Waals surface area contributed by atoms with Crippen molar-refractivity contribution in [3.05, 3.63) is 86.6 Å². The highest BCUT2D eigenvalue weighted by molar-refractivity contribution is 7.09. The van der Waals surface area contributed by atoms with Gasteiger partial charge in [-0.1, -0.05) is 29.8 Å². The zero-order valence-electron chi connectivity index (χ0n) is 16.4. The van der Waals surface area contributed by atoms with Gasteiger partial charge in [-0.3, -0.25) is 9.59 Å². The number of nitrogens with zero attached hydrogens (tertiary/aromatic N) is 1. The smallest absolute Gasteiger partial charge is 0.295 e. The van der Waals surface area contributed by atoms with Gasteiger partial charge < -0.3 is 19.8 Å². The number of halogens is 1. The van der Waals surface area contributed by atoms with Crippen molar-refractivity contribution in [3.8, 4) is 11.5 Å². The molecule has 1 saturated heterocycles. The highest BCUT2D eigenvalue weighted by atomic mass is 35.5. The fraction of sp³-hybridized carbons (Fsp3) is 0.130. The summed E-state index contributed by atoms with van der Waals surface area (Å²) >= 11 is 7.55. The second-order valence-corrected chi connectivity index (χ2v) is 8.39. The molecule has 1 aliphatic rings. The number of phenolic OH excluding ortho intramolecular Hbond substituents is 1. The van der Waals surface area contributed by atoms with Crippen LogP contribution in [0.1, 0.15) is 22.0 Å². The number of hydrogen-bond acceptors (Lipinski definition) is 6. The lowest BCUT2D eigenvalue weighted by Gasteiger charge is -2.25. The Morgan fingerprint density at radius 3 is 2.55 bits per heavy atom. The minimum absolute atomic E-state index is 0.0309. The molecule has 1 fully saturated rings. The summed E-state index contributed by atoms with van der Waals surface area (Å²) in [6.07, 6.45) is 0. The van der Waals surface area contributed by atoms with E-state index in [0.29, 0.717) is 21.9 Å². The molecule has 31 heavy (non-hydrogen) atoms. The van der Waals surface area contributed by atoms with Crippen molar-refractivity contribution in [2.75, 3.05) is 7.11 Å². The van der Waals surface area contributed by atoms with E-state index in [2.05, 4.69) is 0 Å². The van der Waals surface area contributed by atoms with Crippen LogP contribution in [0, 0.1) is 0 Å². The number of hydrogen-bond donors (Lipinski definition) is 2. The number of Topliss-reactive ketones (excluding diaryl/α,β-unsaturated/α-hetero) is 1. The summed E-state index contributed by atoms with van der Waals surface area (Å²) in [6, 6.07) is 13.8. The van der Waals surface area contributed by atoms with Crippen molar-refractivity contribution < 1.29 is 24.5 Å². The van der Waals surface area contributed by atoms with Gasteiger partial charge in [0, 0.05) is 10.4 Å². The number of ether oxygens (including phenoxy) is 1. The molecule has 4 rings (SSSR count). The number of ketones is 1. The maximum absolute atomic E-state index is 13.0.